The number of carbonyl (C=O) groups excluding carboxylic acids is 1. The molecule has 3 N–H and O–H groups in total. The van der Waals surface area contributed by atoms with Crippen LogP contribution in [0.15, 0.2) is 72.1 Å². The van der Waals surface area contributed by atoms with Gasteiger partial charge in [0.25, 0.3) is 5.91 Å². The van der Waals surface area contributed by atoms with Crippen molar-refractivity contribution in [3.05, 3.63) is 89.4 Å². The van der Waals surface area contributed by atoms with Gasteiger partial charge in [0.2, 0.25) is 0 Å². The normalized spacial score (nSPS) is 14.5. The van der Waals surface area contributed by atoms with E-state index in [9.17, 15) is 10.1 Å². The fourth-order valence-corrected chi connectivity index (χ4v) is 4.45. The molecule has 0 aliphatic carbocycles. The van der Waals surface area contributed by atoms with Crippen LogP contribution in [0.2, 0.25) is 0 Å². The first kappa shape index (κ1) is 30.4. The minimum Gasteiger partial charge on any atom is -0.492 e. The van der Waals surface area contributed by atoms with Crippen molar-refractivity contribution in [1.29, 1.82) is 5.26 Å². The number of hydrogen-bond donors (Lipinski definition) is 2. The number of amides is 1. The number of hydrogen-bond acceptors (Lipinski definition) is 8. The highest BCUT2D eigenvalue weighted by atomic mass is 16.5. The average molecular weight is 567 g/mol. The van der Waals surface area contributed by atoms with E-state index in [-0.39, 0.29) is 5.91 Å². The lowest BCUT2D eigenvalue weighted by atomic mass is 9.85. The first-order valence-corrected chi connectivity index (χ1v) is 14.1. The van der Waals surface area contributed by atoms with Crippen LogP contribution in [0.1, 0.15) is 47.3 Å². The molecule has 0 atom stereocenters. The summed E-state index contributed by atoms with van der Waals surface area (Å²) in [6.45, 7) is 10.7. The van der Waals surface area contributed by atoms with Gasteiger partial charge in [-0.1, -0.05) is 18.2 Å². The minimum atomic E-state index is -0.694. The summed E-state index contributed by atoms with van der Waals surface area (Å²) in [5, 5.41) is 12.4. The van der Waals surface area contributed by atoms with Gasteiger partial charge in [-0.3, -0.25) is 19.7 Å². The Morgan fingerprint density at radius 3 is 2.76 bits per heavy atom. The van der Waals surface area contributed by atoms with Crippen LogP contribution in [0.4, 0.5) is 11.4 Å². The Morgan fingerprint density at radius 2 is 2.00 bits per heavy atom. The Hall–Kier alpha value is -4.52. The molecule has 9 nitrogen and oxygen atoms in total. The number of aromatic nitrogens is 1. The molecule has 2 heterocycles. The predicted octanol–water partition coefficient (Wildman–Crippen LogP) is 5.25. The zero-order valence-corrected chi connectivity index (χ0v) is 24.5. The van der Waals surface area contributed by atoms with E-state index in [0.29, 0.717) is 34.9 Å². The van der Waals surface area contributed by atoms with Crippen molar-refractivity contribution in [2.24, 2.45) is 10.7 Å². The van der Waals surface area contributed by atoms with E-state index in [0.717, 1.165) is 56.0 Å². The maximum atomic E-state index is 13.0. The zero-order chi connectivity index (χ0) is 30.0. The van der Waals surface area contributed by atoms with Gasteiger partial charge < -0.3 is 20.5 Å². The number of ether oxygens (including phenoxy) is 2. The van der Waals surface area contributed by atoms with Crippen molar-refractivity contribution in [3.8, 4) is 11.8 Å². The van der Waals surface area contributed by atoms with Crippen molar-refractivity contribution in [2.45, 2.75) is 32.6 Å². The molecular formula is C33H38N6O3. The summed E-state index contributed by atoms with van der Waals surface area (Å²) >= 11 is 0. The van der Waals surface area contributed by atoms with Crippen molar-refractivity contribution >= 4 is 29.1 Å². The second-order valence-corrected chi connectivity index (χ2v) is 10.7. The van der Waals surface area contributed by atoms with Crippen LogP contribution in [0.3, 0.4) is 0 Å². The Morgan fingerprint density at radius 1 is 1.19 bits per heavy atom. The smallest absolute Gasteiger partial charge is 0.255 e. The van der Waals surface area contributed by atoms with Crippen LogP contribution in [-0.4, -0.2) is 61.5 Å². The summed E-state index contributed by atoms with van der Waals surface area (Å²) < 4.78 is 11.3. The summed E-state index contributed by atoms with van der Waals surface area (Å²) in [4.78, 5) is 24.4. The van der Waals surface area contributed by atoms with Crippen molar-refractivity contribution in [2.75, 3.05) is 44.8 Å². The Kier molecular flexibility index (Phi) is 10.4. The molecule has 42 heavy (non-hydrogen) atoms. The summed E-state index contributed by atoms with van der Waals surface area (Å²) in [5.41, 5.74) is 10.2. The van der Waals surface area contributed by atoms with Gasteiger partial charge in [0.15, 0.2) is 0 Å². The molecule has 218 valence electrons. The topological polar surface area (TPSA) is 126 Å². The molecule has 1 aliphatic rings. The fourth-order valence-electron chi connectivity index (χ4n) is 4.45. The lowest BCUT2D eigenvalue weighted by Gasteiger charge is -2.26. The second kappa shape index (κ2) is 14.4. The molecule has 4 rings (SSSR count). The van der Waals surface area contributed by atoms with Crippen LogP contribution in [0, 0.1) is 18.3 Å². The van der Waals surface area contributed by atoms with Gasteiger partial charge in [-0.2, -0.15) is 5.26 Å². The van der Waals surface area contributed by atoms with Crippen molar-refractivity contribution < 1.29 is 14.3 Å². The van der Waals surface area contributed by atoms with E-state index in [1.54, 1.807) is 36.8 Å². The number of nitrogens with two attached hydrogens (primary N) is 1. The highest BCUT2D eigenvalue weighted by Crippen LogP contribution is 2.26. The highest BCUT2D eigenvalue weighted by Gasteiger charge is 2.21. The van der Waals surface area contributed by atoms with Gasteiger partial charge in [0, 0.05) is 60.6 Å². The van der Waals surface area contributed by atoms with Crippen LogP contribution < -0.4 is 15.8 Å². The van der Waals surface area contributed by atoms with E-state index in [1.807, 2.05) is 51.1 Å². The Balaban J connectivity index is 1.40. The summed E-state index contributed by atoms with van der Waals surface area (Å²) in [6, 6.07) is 16.8. The van der Waals surface area contributed by atoms with E-state index < -0.39 is 5.41 Å². The number of rotatable bonds is 11. The largest absolute Gasteiger partial charge is 0.492 e. The number of nitrogens with one attached hydrogen (secondary N) is 1. The molecule has 9 heteroatoms. The molecular weight excluding hydrogens is 528 g/mol. The van der Waals surface area contributed by atoms with E-state index in [4.69, 9.17) is 15.2 Å². The number of allylic oxidation sites excluding steroid dienone is 1. The number of benzene rings is 2. The maximum Gasteiger partial charge on any atom is 0.255 e. The Bertz CT molecular complexity index is 1490. The third-order valence-corrected chi connectivity index (χ3v) is 7.15. The minimum absolute atomic E-state index is 0.264. The molecule has 0 spiro atoms. The van der Waals surface area contributed by atoms with E-state index in [2.05, 4.69) is 26.3 Å². The summed E-state index contributed by atoms with van der Waals surface area (Å²) in [7, 11) is 0. The predicted molar refractivity (Wildman–Crippen MR) is 166 cm³/mol. The molecule has 0 saturated carbocycles. The number of anilines is 1. The number of aryl methyl sites for hydroxylation is 1. The number of carbonyl (C=O) groups is 1. The second-order valence-electron chi connectivity index (χ2n) is 10.7. The summed E-state index contributed by atoms with van der Waals surface area (Å²) in [6.07, 6.45) is 7.49. The average Bonchev–Trinajstić information content (AvgIpc) is 3.02. The quantitative estimate of drug-likeness (QED) is 0.240. The highest BCUT2D eigenvalue weighted by molar-refractivity contribution is 6.10. The van der Waals surface area contributed by atoms with Gasteiger partial charge in [-0.15, -0.1) is 0 Å². The van der Waals surface area contributed by atoms with Crippen LogP contribution >= 0.6 is 0 Å². The molecule has 2 aromatic carbocycles. The van der Waals surface area contributed by atoms with Crippen LogP contribution in [-0.2, 0) is 10.2 Å². The number of morpholine rings is 1. The van der Waals surface area contributed by atoms with Gasteiger partial charge in [0.1, 0.15) is 5.75 Å². The third-order valence-electron chi connectivity index (χ3n) is 7.15. The summed E-state index contributed by atoms with van der Waals surface area (Å²) in [5.74, 6) is 0.407. The molecule has 1 saturated heterocycles. The van der Waals surface area contributed by atoms with Crippen LogP contribution in [0.5, 0.6) is 5.75 Å². The number of aliphatic imine (C=N–C) groups is 1. The van der Waals surface area contributed by atoms with Gasteiger partial charge in [-0.25, -0.2) is 0 Å². The van der Waals surface area contributed by atoms with Gasteiger partial charge in [-0.05, 0) is 68.7 Å². The molecule has 0 radical (unpaired) electrons. The van der Waals surface area contributed by atoms with E-state index >= 15 is 0 Å². The molecule has 3 aromatic rings. The first-order valence-electron chi connectivity index (χ1n) is 14.1. The molecule has 1 aliphatic heterocycles. The fraction of sp³-hybridized carbons (Fsp3) is 0.333. The van der Waals surface area contributed by atoms with Crippen molar-refractivity contribution in [1.82, 2.24) is 9.88 Å². The third kappa shape index (κ3) is 8.26. The molecule has 1 amide bonds. The van der Waals surface area contributed by atoms with E-state index in [1.165, 1.54) is 6.20 Å². The number of nitriles is 1. The van der Waals surface area contributed by atoms with Crippen LogP contribution in [0.25, 0.3) is 5.57 Å². The molecule has 1 fully saturated rings. The zero-order valence-electron chi connectivity index (χ0n) is 24.5. The first-order chi connectivity index (χ1) is 20.3. The molecule has 1 aromatic heterocycles. The van der Waals surface area contributed by atoms with Crippen molar-refractivity contribution in [3.63, 3.8) is 0 Å². The lowest BCUT2D eigenvalue weighted by Crippen LogP contribution is -2.37. The molecule has 0 bridgehead atoms. The molecule has 0 unspecified atom stereocenters. The number of pyridine rings is 1. The Labute approximate surface area is 247 Å². The monoisotopic (exact) mass is 566 g/mol. The van der Waals surface area contributed by atoms with Gasteiger partial charge >= 0.3 is 0 Å². The maximum absolute atomic E-state index is 13.0. The van der Waals surface area contributed by atoms with Gasteiger partial charge in [0.05, 0.1) is 43.2 Å². The lowest BCUT2D eigenvalue weighted by molar-refractivity contribution is 0.0358. The SMILES string of the molecule is Cc1ccc(NC(=O)c2cccc(C(C)(C)C#N)c2)cc1N=CC(=CN)c1cncc(OCCCN2CCOCC2)c1. The number of nitrogens with zero attached hydrogens (tertiary/aromatic N) is 4. The standard InChI is InChI=1S/C33H38N6O3/c1-24-8-9-29(38-32(40)25-6-4-7-28(16-25)33(2,3)23-35)18-31(24)37-21-27(19-34)26-17-30(22-36-20-26)42-13-5-10-39-11-14-41-15-12-39/h4,6-9,16-22H,5,10-15,34H2,1-3H3,(H,38,40).